The first-order valence-electron chi connectivity index (χ1n) is 10.00. The molecule has 4 saturated carbocycles. The summed E-state index contributed by atoms with van der Waals surface area (Å²) >= 11 is 0. The number of hydrogen-bond donors (Lipinski definition) is 4. The minimum Gasteiger partial charge on any atom is -0.382 e. The highest BCUT2D eigenvalue weighted by Crippen LogP contribution is 2.59. The number of nitrogens with two attached hydrogens (primary N) is 1. The summed E-state index contributed by atoms with van der Waals surface area (Å²) in [4.78, 5) is 24.5. The summed E-state index contributed by atoms with van der Waals surface area (Å²) in [6.45, 7) is 0.833. The average molecular weight is 371 g/mol. The Balaban J connectivity index is 1.30. The zero-order chi connectivity index (χ0) is 19.0. The fourth-order valence-corrected chi connectivity index (χ4v) is 5.86. The number of carbonyl (C=O) groups is 2. The van der Waals surface area contributed by atoms with Gasteiger partial charge in [0.15, 0.2) is 0 Å². The van der Waals surface area contributed by atoms with Gasteiger partial charge in [0.1, 0.15) is 6.10 Å². The quantitative estimate of drug-likeness (QED) is 0.572. The number of nitrogens with one attached hydrogen (secondary N) is 2. The molecule has 2 unspecified atom stereocenters. The van der Waals surface area contributed by atoms with Gasteiger partial charge < -0.3 is 21.5 Å². The minimum absolute atomic E-state index is 0.0605. The fourth-order valence-electron chi connectivity index (χ4n) is 5.86. The van der Waals surface area contributed by atoms with Crippen molar-refractivity contribution >= 4 is 11.8 Å². The minimum atomic E-state index is -1.07. The molecule has 5 N–H and O–H groups in total. The molecule has 2 amide bonds. The van der Waals surface area contributed by atoms with E-state index in [0.29, 0.717) is 24.3 Å². The lowest BCUT2D eigenvalue weighted by Gasteiger charge is -2.58. The molecule has 4 aliphatic carbocycles. The van der Waals surface area contributed by atoms with Gasteiger partial charge in [0, 0.05) is 24.5 Å². The number of benzene rings is 1. The van der Waals surface area contributed by atoms with Crippen LogP contribution < -0.4 is 16.4 Å². The molecular weight excluding hydrogens is 342 g/mol. The highest BCUT2D eigenvalue weighted by Gasteiger charge is 2.58. The third-order valence-electron chi connectivity index (χ3n) is 6.92. The molecule has 4 aliphatic rings. The van der Waals surface area contributed by atoms with Gasteiger partial charge in [-0.15, -0.1) is 0 Å². The Bertz CT molecular complexity index is 692. The van der Waals surface area contributed by atoms with Crippen molar-refractivity contribution in [1.29, 1.82) is 0 Å². The van der Waals surface area contributed by atoms with E-state index in [4.69, 9.17) is 5.73 Å². The number of hydrogen-bond acceptors (Lipinski definition) is 4. The summed E-state index contributed by atoms with van der Waals surface area (Å²) in [7, 11) is 0. The van der Waals surface area contributed by atoms with E-state index < -0.39 is 6.10 Å². The molecule has 3 atom stereocenters. The van der Waals surface area contributed by atoms with E-state index in [2.05, 4.69) is 10.6 Å². The Morgan fingerprint density at radius 1 is 1.15 bits per heavy atom. The van der Waals surface area contributed by atoms with Crippen LogP contribution in [-0.2, 0) is 16.1 Å². The van der Waals surface area contributed by atoms with Crippen molar-refractivity contribution in [3.63, 3.8) is 0 Å². The number of carbonyl (C=O) groups excluding carboxylic acids is 2. The molecule has 5 rings (SSSR count). The summed E-state index contributed by atoms with van der Waals surface area (Å²) in [5, 5.41) is 16.5. The number of aliphatic hydroxyl groups is 1. The highest BCUT2D eigenvalue weighted by molar-refractivity contribution is 5.82. The maximum atomic E-state index is 12.5. The SMILES string of the molecule is NC(=O)C12CC3CC(C1)C(NC(=O)[C@H](O)CNCc1ccccc1)C(C3)C2. The molecule has 1 aromatic rings. The van der Waals surface area contributed by atoms with Crippen LogP contribution in [0.4, 0.5) is 0 Å². The second kappa shape index (κ2) is 7.24. The first kappa shape index (κ1) is 18.4. The molecule has 4 fully saturated rings. The molecule has 0 aliphatic heterocycles. The molecule has 0 radical (unpaired) electrons. The van der Waals surface area contributed by atoms with Crippen LogP contribution in [0.5, 0.6) is 0 Å². The molecule has 27 heavy (non-hydrogen) atoms. The zero-order valence-corrected chi connectivity index (χ0v) is 15.6. The average Bonchev–Trinajstić information content (AvgIpc) is 2.64. The number of amides is 2. The Kier molecular flexibility index (Phi) is 4.95. The van der Waals surface area contributed by atoms with E-state index in [1.54, 1.807) is 0 Å². The Labute approximate surface area is 159 Å². The van der Waals surface area contributed by atoms with Crippen molar-refractivity contribution in [2.24, 2.45) is 28.9 Å². The lowest BCUT2D eigenvalue weighted by molar-refractivity contribution is -0.148. The van der Waals surface area contributed by atoms with Crippen LogP contribution in [0.25, 0.3) is 0 Å². The van der Waals surface area contributed by atoms with Crippen molar-refractivity contribution in [3.8, 4) is 0 Å². The molecule has 6 heteroatoms. The van der Waals surface area contributed by atoms with Crippen LogP contribution in [-0.4, -0.2) is 35.6 Å². The zero-order valence-electron chi connectivity index (χ0n) is 15.6. The van der Waals surface area contributed by atoms with Gasteiger partial charge in [-0.3, -0.25) is 9.59 Å². The van der Waals surface area contributed by atoms with E-state index in [9.17, 15) is 14.7 Å². The third-order valence-corrected chi connectivity index (χ3v) is 6.92. The molecule has 1 aromatic carbocycles. The summed E-state index contributed by atoms with van der Waals surface area (Å²) in [5.74, 6) is 0.674. The van der Waals surface area contributed by atoms with Crippen LogP contribution in [0, 0.1) is 23.2 Å². The molecule has 146 valence electrons. The van der Waals surface area contributed by atoms with Crippen molar-refractivity contribution in [2.75, 3.05) is 6.54 Å². The maximum Gasteiger partial charge on any atom is 0.250 e. The van der Waals surface area contributed by atoms with E-state index >= 15 is 0 Å². The maximum absolute atomic E-state index is 12.5. The van der Waals surface area contributed by atoms with E-state index in [1.165, 1.54) is 0 Å². The molecule has 0 heterocycles. The highest BCUT2D eigenvalue weighted by atomic mass is 16.3. The molecule has 0 saturated heterocycles. The van der Waals surface area contributed by atoms with Gasteiger partial charge in [0.2, 0.25) is 11.8 Å². The van der Waals surface area contributed by atoms with Crippen LogP contribution in [0.1, 0.15) is 37.7 Å². The molecular formula is C21H29N3O3. The Hall–Kier alpha value is -1.92. The first-order chi connectivity index (χ1) is 13.0. The van der Waals surface area contributed by atoms with Crippen molar-refractivity contribution < 1.29 is 14.7 Å². The van der Waals surface area contributed by atoms with E-state index in [0.717, 1.165) is 37.7 Å². The fraction of sp³-hybridized carbons (Fsp3) is 0.619. The molecule has 4 bridgehead atoms. The van der Waals surface area contributed by atoms with Gasteiger partial charge >= 0.3 is 0 Å². The van der Waals surface area contributed by atoms with Crippen LogP contribution in [0.15, 0.2) is 30.3 Å². The van der Waals surface area contributed by atoms with Crippen molar-refractivity contribution in [3.05, 3.63) is 35.9 Å². The predicted molar refractivity (Wildman–Crippen MR) is 101 cm³/mol. The van der Waals surface area contributed by atoms with E-state index in [-0.39, 0.29) is 29.8 Å². The summed E-state index contributed by atoms with van der Waals surface area (Å²) < 4.78 is 0. The van der Waals surface area contributed by atoms with Gasteiger partial charge in [0.05, 0.1) is 0 Å². The van der Waals surface area contributed by atoms with Crippen LogP contribution in [0.2, 0.25) is 0 Å². The van der Waals surface area contributed by atoms with E-state index in [1.807, 2.05) is 30.3 Å². The second-order valence-corrected chi connectivity index (χ2v) is 8.78. The number of aliphatic hydroxyl groups excluding tert-OH is 1. The summed E-state index contributed by atoms with van der Waals surface area (Å²) in [6.07, 6.45) is 3.52. The number of primary amides is 1. The van der Waals surface area contributed by atoms with Gasteiger partial charge in [-0.1, -0.05) is 30.3 Å². The van der Waals surface area contributed by atoms with Crippen molar-refractivity contribution in [2.45, 2.75) is 50.8 Å². The first-order valence-corrected chi connectivity index (χ1v) is 10.00. The standard InChI is InChI=1S/C21H29N3O3/c22-20(27)21-8-14-6-15(9-21)18(16(7-14)10-21)24-19(26)17(25)12-23-11-13-4-2-1-3-5-13/h1-5,14-18,23,25H,6-12H2,(H2,22,27)(H,24,26)/t14?,15?,16?,17-,18?,21?/m1/s1. The van der Waals surface area contributed by atoms with Gasteiger partial charge in [-0.25, -0.2) is 0 Å². The number of rotatable bonds is 7. The van der Waals surface area contributed by atoms with Crippen LogP contribution >= 0.6 is 0 Å². The van der Waals surface area contributed by atoms with Crippen molar-refractivity contribution in [1.82, 2.24) is 10.6 Å². The normalized spacial score (nSPS) is 35.0. The monoisotopic (exact) mass is 371 g/mol. The lowest BCUT2D eigenvalue weighted by Crippen LogP contribution is -2.63. The second-order valence-electron chi connectivity index (χ2n) is 8.78. The van der Waals surface area contributed by atoms with Gasteiger partial charge in [-0.05, 0) is 55.4 Å². The predicted octanol–water partition coefficient (Wildman–Crippen LogP) is 0.934. The van der Waals surface area contributed by atoms with Gasteiger partial charge in [-0.2, -0.15) is 0 Å². The molecule has 6 nitrogen and oxygen atoms in total. The van der Waals surface area contributed by atoms with Crippen LogP contribution in [0.3, 0.4) is 0 Å². The smallest absolute Gasteiger partial charge is 0.250 e. The molecule has 0 spiro atoms. The summed E-state index contributed by atoms with van der Waals surface area (Å²) in [5.41, 5.74) is 6.47. The largest absolute Gasteiger partial charge is 0.382 e. The topological polar surface area (TPSA) is 104 Å². The van der Waals surface area contributed by atoms with Gasteiger partial charge in [0.25, 0.3) is 0 Å². The summed E-state index contributed by atoms with van der Waals surface area (Å²) in [6, 6.07) is 9.95. The Morgan fingerprint density at radius 3 is 2.44 bits per heavy atom. The Morgan fingerprint density at radius 2 is 1.81 bits per heavy atom. The lowest BCUT2D eigenvalue weighted by atomic mass is 9.47. The third kappa shape index (κ3) is 3.60. The molecule has 0 aromatic heterocycles.